The van der Waals surface area contributed by atoms with Gasteiger partial charge in [0.2, 0.25) is 5.82 Å². The lowest BCUT2D eigenvalue weighted by atomic mass is 10.2. The van der Waals surface area contributed by atoms with E-state index in [0.29, 0.717) is 30.4 Å². The van der Waals surface area contributed by atoms with E-state index in [1.54, 1.807) is 23.5 Å². The Labute approximate surface area is 156 Å². The minimum atomic E-state index is -0.114. The van der Waals surface area contributed by atoms with Gasteiger partial charge in [-0.25, -0.2) is 14.8 Å². The molecule has 2 amide bonds. The molecule has 0 aliphatic carbocycles. The van der Waals surface area contributed by atoms with Crippen molar-refractivity contribution in [3.8, 4) is 11.5 Å². The molecule has 0 spiro atoms. The van der Waals surface area contributed by atoms with Crippen molar-refractivity contribution in [2.24, 2.45) is 0 Å². The summed E-state index contributed by atoms with van der Waals surface area (Å²) in [6, 6.07) is 2.16. The zero-order chi connectivity index (χ0) is 18.8. The van der Waals surface area contributed by atoms with Gasteiger partial charge in [0.1, 0.15) is 11.5 Å². The minimum absolute atomic E-state index is 0.114. The van der Waals surface area contributed by atoms with E-state index in [0.717, 1.165) is 17.8 Å². The van der Waals surface area contributed by atoms with Crippen LogP contribution in [0.1, 0.15) is 29.7 Å². The van der Waals surface area contributed by atoms with Gasteiger partial charge in [0.15, 0.2) is 0 Å². The molecule has 1 atom stereocenters. The van der Waals surface area contributed by atoms with E-state index in [1.807, 2.05) is 18.5 Å². The number of rotatable bonds is 4. The first-order chi connectivity index (χ1) is 13.1. The highest BCUT2D eigenvalue weighted by molar-refractivity contribution is 5.74. The van der Waals surface area contributed by atoms with Crippen LogP contribution in [0.5, 0.6) is 0 Å². The third-order valence-corrected chi connectivity index (χ3v) is 4.57. The number of H-pyrrole nitrogens is 1. The molecule has 3 aromatic rings. The van der Waals surface area contributed by atoms with Gasteiger partial charge in [-0.05, 0) is 26.3 Å². The molecule has 0 radical (unpaired) electrons. The van der Waals surface area contributed by atoms with E-state index >= 15 is 0 Å². The molecular formula is C17H21N9O. The highest BCUT2D eigenvalue weighted by Gasteiger charge is 2.28. The van der Waals surface area contributed by atoms with Crippen LogP contribution in [-0.2, 0) is 6.54 Å². The lowest BCUT2D eigenvalue weighted by molar-refractivity contribution is 0.206. The molecule has 0 aromatic carbocycles. The third kappa shape index (κ3) is 3.64. The standard InChI is InChI=1S/C17H21N9O/c1-11-7-12(2)26(24-11)13-3-6-25(10-13)17(27)20-9-15-21-16(23-22-15)14-8-18-4-5-19-14/h4-5,7-8,13H,3,6,9-10H2,1-2H3,(H,20,27)(H,21,22,23). The van der Waals surface area contributed by atoms with Crippen LogP contribution in [0.15, 0.2) is 24.7 Å². The van der Waals surface area contributed by atoms with E-state index in [-0.39, 0.29) is 18.6 Å². The predicted molar refractivity (Wildman–Crippen MR) is 96.6 cm³/mol. The van der Waals surface area contributed by atoms with E-state index in [9.17, 15) is 4.79 Å². The Bertz CT molecular complexity index is 933. The number of likely N-dealkylation sites (tertiary alicyclic amines) is 1. The average Bonchev–Trinajstić information content (AvgIpc) is 3.40. The first-order valence-corrected chi connectivity index (χ1v) is 8.83. The first kappa shape index (κ1) is 17.1. The maximum atomic E-state index is 12.5. The number of aromatic nitrogens is 7. The zero-order valence-electron chi connectivity index (χ0n) is 15.3. The topological polar surface area (TPSA) is 118 Å². The second kappa shape index (κ2) is 7.14. The van der Waals surface area contributed by atoms with E-state index in [4.69, 9.17) is 0 Å². The smallest absolute Gasteiger partial charge is 0.317 e. The number of nitrogens with one attached hydrogen (secondary N) is 2. The van der Waals surface area contributed by atoms with Crippen LogP contribution in [0.4, 0.5) is 4.79 Å². The van der Waals surface area contributed by atoms with Crippen molar-refractivity contribution in [2.45, 2.75) is 32.9 Å². The SMILES string of the molecule is Cc1cc(C)n(C2CCN(C(=O)NCc3nc(-c4cnccn4)n[nH]3)C2)n1. The Morgan fingerprint density at radius 2 is 2.26 bits per heavy atom. The van der Waals surface area contributed by atoms with Gasteiger partial charge in [0.05, 0.1) is 24.5 Å². The summed E-state index contributed by atoms with van der Waals surface area (Å²) in [5, 5.41) is 14.3. The Morgan fingerprint density at radius 1 is 1.37 bits per heavy atom. The summed E-state index contributed by atoms with van der Waals surface area (Å²) in [7, 11) is 0. The molecule has 0 bridgehead atoms. The van der Waals surface area contributed by atoms with Crippen LogP contribution in [-0.4, -0.2) is 59.0 Å². The molecule has 10 nitrogen and oxygen atoms in total. The summed E-state index contributed by atoms with van der Waals surface area (Å²) in [6.07, 6.45) is 5.66. The second-order valence-electron chi connectivity index (χ2n) is 6.62. The monoisotopic (exact) mass is 367 g/mol. The molecule has 1 aliphatic heterocycles. The molecular weight excluding hydrogens is 346 g/mol. The largest absolute Gasteiger partial charge is 0.331 e. The molecule has 1 fully saturated rings. The molecule has 0 saturated carbocycles. The molecule has 1 saturated heterocycles. The van der Waals surface area contributed by atoms with E-state index < -0.39 is 0 Å². The van der Waals surface area contributed by atoms with E-state index in [2.05, 4.69) is 41.6 Å². The summed E-state index contributed by atoms with van der Waals surface area (Å²) >= 11 is 0. The Morgan fingerprint density at radius 3 is 3.00 bits per heavy atom. The predicted octanol–water partition coefficient (Wildman–Crippen LogP) is 1.23. The second-order valence-corrected chi connectivity index (χ2v) is 6.62. The number of hydrogen-bond donors (Lipinski definition) is 2. The highest BCUT2D eigenvalue weighted by Crippen LogP contribution is 2.23. The van der Waals surface area contributed by atoms with Crippen molar-refractivity contribution in [3.05, 3.63) is 41.9 Å². The number of aryl methyl sites for hydroxylation is 2. The number of urea groups is 1. The fourth-order valence-corrected chi connectivity index (χ4v) is 3.32. The normalized spacial score (nSPS) is 16.7. The van der Waals surface area contributed by atoms with Gasteiger partial charge in [0.25, 0.3) is 0 Å². The van der Waals surface area contributed by atoms with Crippen LogP contribution in [0.2, 0.25) is 0 Å². The molecule has 4 heterocycles. The summed E-state index contributed by atoms with van der Waals surface area (Å²) in [6.45, 7) is 5.65. The van der Waals surface area contributed by atoms with Gasteiger partial charge >= 0.3 is 6.03 Å². The van der Waals surface area contributed by atoms with Gasteiger partial charge in [-0.2, -0.15) is 10.2 Å². The van der Waals surface area contributed by atoms with Crippen molar-refractivity contribution < 1.29 is 4.79 Å². The van der Waals surface area contributed by atoms with Crippen molar-refractivity contribution in [3.63, 3.8) is 0 Å². The number of carbonyl (C=O) groups is 1. The molecule has 4 rings (SSSR count). The number of aromatic amines is 1. The molecule has 2 N–H and O–H groups in total. The summed E-state index contributed by atoms with van der Waals surface area (Å²) in [5.74, 6) is 1.02. The highest BCUT2D eigenvalue weighted by atomic mass is 16.2. The first-order valence-electron chi connectivity index (χ1n) is 8.83. The lowest BCUT2D eigenvalue weighted by Crippen LogP contribution is -2.38. The molecule has 27 heavy (non-hydrogen) atoms. The minimum Gasteiger partial charge on any atom is -0.331 e. The number of carbonyl (C=O) groups excluding carboxylic acids is 1. The van der Waals surface area contributed by atoms with Crippen LogP contribution in [0.3, 0.4) is 0 Å². The lowest BCUT2D eigenvalue weighted by Gasteiger charge is -2.17. The summed E-state index contributed by atoms with van der Waals surface area (Å²) in [4.78, 5) is 26.8. The number of nitrogens with zero attached hydrogens (tertiary/aromatic N) is 7. The Kier molecular flexibility index (Phi) is 4.53. The number of amides is 2. The maximum absolute atomic E-state index is 12.5. The third-order valence-electron chi connectivity index (χ3n) is 4.57. The van der Waals surface area contributed by atoms with Gasteiger partial charge in [0, 0.05) is 31.2 Å². The van der Waals surface area contributed by atoms with Crippen LogP contribution >= 0.6 is 0 Å². The van der Waals surface area contributed by atoms with Crippen molar-refractivity contribution in [1.29, 1.82) is 0 Å². The Hall–Kier alpha value is -3.30. The van der Waals surface area contributed by atoms with Crippen LogP contribution in [0, 0.1) is 13.8 Å². The summed E-state index contributed by atoms with van der Waals surface area (Å²) < 4.78 is 2.02. The fraction of sp³-hybridized carbons (Fsp3) is 0.412. The maximum Gasteiger partial charge on any atom is 0.317 e. The zero-order valence-corrected chi connectivity index (χ0v) is 15.3. The van der Waals surface area contributed by atoms with Gasteiger partial charge < -0.3 is 10.2 Å². The van der Waals surface area contributed by atoms with Gasteiger partial charge in [-0.1, -0.05) is 0 Å². The van der Waals surface area contributed by atoms with Crippen molar-refractivity contribution >= 4 is 6.03 Å². The summed E-state index contributed by atoms with van der Waals surface area (Å²) in [5.41, 5.74) is 2.70. The molecule has 1 aliphatic rings. The van der Waals surface area contributed by atoms with Crippen LogP contribution < -0.4 is 5.32 Å². The molecule has 10 heteroatoms. The van der Waals surface area contributed by atoms with Crippen molar-refractivity contribution in [1.82, 2.24) is 45.1 Å². The van der Waals surface area contributed by atoms with Crippen molar-refractivity contribution in [2.75, 3.05) is 13.1 Å². The quantitative estimate of drug-likeness (QED) is 0.716. The molecule has 1 unspecified atom stereocenters. The fourth-order valence-electron chi connectivity index (χ4n) is 3.32. The van der Waals surface area contributed by atoms with Gasteiger partial charge in [-0.15, -0.1) is 0 Å². The van der Waals surface area contributed by atoms with Crippen LogP contribution in [0.25, 0.3) is 11.5 Å². The Balaban J connectivity index is 1.33. The molecule has 140 valence electrons. The van der Waals surface area contributed by atoms with E-state index in [1.165, 1.54) is 0 Å². The molecule has 3 aromatic heterocycles. The number of hydrogen-bond acceptors (Lipinski definition) is 6. The average molecular weight is 367 g/mol. The van der Waals surface area contributed by atoms with Gasteiger partial charge in [-0.3, -0.25) is 14.8 Å².